The molecule has 2 aliphatic heterocycles. The molecule has 0 fully saturated rings. The maximum atomic E-state index is 12.2. The Morgan fingerprint density at radius 2 is 1.86 bits per heavy atom. The first-order valence-electron chi connectivity index (χ1n) is 8.45. The van der Waals surface area contributed by atoms with E-state index in [-0.39, 0.29) is 18.1 Å². The predicted molar refractivity (Wildman–Crippen MR) is 97.1 cm³/mol. The van der Waals surface area contributed by atoms with E-state index in [1.807, 2.05) is 18.8 Å². The average molecular weight is 392 g/mol. The molecule has 2 heterocycles. The van der Waals surface area contributed by atoms with E-state index in [4.69, 9.17) is 5.11 Å². The summed E-state index contributed by atoms with van der Waals surface area (Å²) in [5, 5.41) is 38.0. The van der Waals surface area contributed by atoms with E-state index in [1.54, 1.807) is 12.1 Å². The number of fused-ring (bicyclic) bond motifs is 2. The summed E-state index contributed by atoms with van der Waals surface area (Å²) in [6.45, 7) is 2.68. The molecule has 0 saturated carbocycles. The first-order valence-corrected chi connectivity index (χ1v) is 8.45. The van der Waals surface area contributed by atoms with Crippen LogP contribution in [0.4, 0.5) is 0 Å². The Bertz CT molecular complexity index is 1090. The van der Waals surface area contributed by atoms with E-state index in [9.17, 15) is 25.1 Å². The van der Waals surface area contributed by atoms with E-state index < -0.39 is 36.2 Å². The number of benzene rings is 1. The van der Waals surface area contributed by atoms with Crippen molar-refractivity contribution >= 4 is 11.0 Å². The summed E-state index contributed by atoms with van der Waals surface area (Å²) in [6, 6.07) is 3.51. The summed E-state index contributed by atoms with van der Waals surface area (Å²) in [5.74, 6) is -0.0720. The van der Waals surface area contributed by atoms with Gasteiger partial charge >= 0.3 is 5.69 Å². The molecule has 5 N–H and O–H groups in total. The standard InChI is InChI=1S/C17H20N4O7/c1-7-3-9-10(4-8(7)2)21(5-12(28-27)14(24)11(23)6-22)15-13(18-9)16(25)20-17(26)19-15/h3-4,11-12,14,22-24,27H,5-6H2,1-2H3,(H,20,25,26)/t11-,12+,14-/m0/s1. The van der Waals surface area contributed by atoms with Crippen LogP contribution in [0.15, 0.2) is 21.7 Å². The van der Waals surface area contributed by atoms with Gasteiger partial charge in [0.1, 0.15) is 18.3 Å². The van der Waals surface area contributed by atoms with Crippen molar-refractivity contribution < 1.29 is 25.5 Å². The Labute approximate surface area is 157 Å². The third-order valence-electron chi connectivity index (χ3n) is 4.68. The lowest BCUT2D eigenvalue weighted by atomic mass is 10.1. The Kier molecular flexibility index (Phi) is 5.54. The van der Waals surface area contributed by atoms with Crippen LogP contribution >= 0.6 is 0 Å². The van der Waals surface area contributed by atoms with Gasteiger partial charge in [-0.25, -0.2) is 14.7 Å². The summed E-state index contributed by atoms with van der Waals surface area (Å²) < 4.78 is 1.40. The average Bonchev–Trinajstić information content (AvgIpc) is 2.66. The molecule has 0 saturated heterocycles. The molecule has 1 aromatic carbocycles. The summed E-state index contributed by atoms with van der Waals surface area (Å²) in [5.41, 5.74) is 0.990. The van der Waals surface area contributed by atoms with Crippen LogP contribution in [0.2, 0.25) is 0 Å². The maximum Gasteiger partial charge on any atom is 0.349 e. The number of aryl methyl sites for hydroxylation is 2. The molecule has 11 heteroatoms. The van der Waals surface area contributed by atoms with Gasteiger partial charge in [0.15, 0.2) is 11.5 Å². The normalized spacial score (nSPS) is 15.1. The summed E-state index contributed by atoms with van der Waals surface area (Å²) >= 11 is 0. The van der Waals surface area contributed by atoms with E-state index in [0.717, 1.165) is 11.1 Å². The molecule has 0 amide bonds. The fourth-order valence-electron chi connectivity index (χ4n) is 2.97. The summed E-state index contributed by atoms with van der Waals surface area (Å²) in [6.07, 6.45) is -4.62. The van der Waals surface area contributed by atoms with Gasteiger partial charge in [0, 0.05) is 0 Å². The van der Waals surface area contributed by atoms with Crippen molar-refractivity contribution in [3.05, 3.63) is 44.1 Å². The third kappa shape index (κ3) is 3.53. The molecule has 0 bridgehead atoms. The SMILES string of the molecule is Cc1cc2nc3c(=O)[nH]c(=O)nc-3n(C[C@@H](OO)[C@@H](O)[C@@H](O)CO)c2cc1C. The van der Waals surface area contributed by atoms with Crippen LogP contribution in [0.5, 0.6) is 0 Å². The molecular weight excluding hydrogens is 372 g/mol. The first-order chi connectivity index (χ1) is 13.3. The number of hydrogen-bond donors (Lipinski definition) is 5. The van der Waals surface area contributed by atoms with Gasteiger partial charge in [-0.1, -0.05) is 0 Å². The van der Waals surface area contributed by atoms with Crippen LogP contribution < -0.4 is 11.2 Å². The molecule has 0 spiro atoms. The minimum Gasteiger partial charge on any atom is -0.394 e. The molecule has 0 unspecified atom stereocenters. The van der Waals surface area contributed by atoms with E-state index in [0.29, 0.717) is 11.0 Å². The van der Waals surface area contributed by atoms with Crippen molar-refractivity contribution in [2.45, 2.75) is 38.7 Å². The minimum atomic E-state index is -1.65. The number of aliphatic hydroxyl groups is 3. The molecule has 0 radical (unpaired) electrons. The highest BCUT2D eigenvalue weighted by Gasteiger charge is 2.30. The Balaban J connectivity index is 2.29. The van der Waals surface area contributed by atoms with Gasteiger partial charge in [0.2, 0.25) is 0 Å². The lowest BCUT2D eigenvalue weighted by Crippen LogP contribution is -2.43. The second-order valence-electron chi connectivity index (χ2n) is 6.58. The molecule has 0 aromatic heterocycles. The molecule has 1 aromatic rings. The summed E-state index contributed by atoms with van der Waals surface area (Å²) in [7, 11) is 0. The van der Waals surface area contributed by atoms with E-state index in [1.165, 1.54) is 4.57 Å². The van der Waals surface area contributed by atoms with E-state index in [2.05, 4.69) is 14.9 Å². The van der Waals surface area contributed by atoms with Crippen LogP contribution in [-0.2, 0) is 11.4 Å². The number of hydrogen-bond acceptors (Lipinski definition) is 9. The second-order valence-corrected chi connectivity index (χ2v) is 6.58. The molecule has 2 aliphatic rings. The quantitative estimate of drug-likeness (QED) is 0.196. The molecule has 3 rings (SSSR count). The van der Waals surface area contributed by atoms with Crippen LogP contribution in [-0.4, -0.2) is 65.0 Å². The van der Waals surface area contributed by atoms with Gasteiger partial charge in [-0.2, -0.15) is 4.98 Å². The molecule has 11 nitrogen and oxygen atoms in total. The molecular formula is C17H20N4O7. The summed E-state index contributed by atoms with van der Waals surface area (Å²) in [4.78, 5) is 38.4. The molecule has 28 heavy (non-hydrogen) atoms. The van der Waals surface area contributed by atoms with Gasteiger partial charge in [0.05, 0.1) is 24.2 Å². The Morgan fingerprint density at radius 1 is 1.18 bits per heavy atom. The number of nitrogens with zero attached hydrogens (tertiary/aromatic N) is 3. The number of aromatic amines is 1. The molecule has 3 atom stereocenters. The number of H-pyrrole nitrogens is 1. The maximum absolute atomic E-state index is 12.2. The van der Waals surface area contributed by atoms with Crippen molar-refractivity contribution in [3.8, 4) is 11.5 Å². The van der Waals surface area contributed by atoms with Crippen molar-refractivity contribution in [1.29, 1.82) is 0 Å². The fraction of sp³-hybridized carbons (Fsp3) is 0.412. The van der Waals surface area contributed by atoms with E-state index >= 15 is 0 Å². The number of aliphatic hydroxyl groups excluding tert-OH is 3. The molecule has 150 valence electrons. The number of nitrogens with one attached hydrogen (secondary N) is 1. The van der Waals surface area contributed by atoms with Gasteiger partial charge in [0.25, 0.3) is 5.56 Å². The lowest BCUT2D eigenvalue weighted by molar-refractivity contribution is -0.306. The zero-order valence-corrected chi connectivity index (χ0v) is 15.2. The third-order valence-corrected chi connectivity index (χ3v) is 4.68. The number of rotatable bonds is 6. The highest BCUT2D eigenvalue weighted by molar-refractivity contribution is 5.81. The zero-order chi connectivity index (χ0) is 20.6. The van der Waals surface area contributed by atoms with Gasteiger partial charge < -0.3 is 19.9 Å². The topological polar surface area (TPSA) is 171 Å². The van der Waals surface area contributed by atoms with Crippen molar-refractivity contribution in [2.75, 3.05) is 6.61 Å². The van der Waals surface area contributed by atoms with Gasteiger partial charge in [-0.3, -0.25) is 15.0 Å². The van der Waals surface area contributed by atoms with Gasteiger partial charge in [-0.15, -0.1) is 0 Å². The highest BCUT2D eigenvalue weighted by atomic mass is 17.1. The van der Waals surface area contributed by atoms with Crippen LogP contribution in [0.25, 0.3) is 22.6 Å². The largest absolute Gasteiger partial charge is 0.394 e. The van der Waals surface area contributed by atoms with Crippen LogP contribution in [0.3, 0.4) is 0 Å². The smallest absolute Gasteiger partial charge is 0.349 e. The van der Waals surface area contributed by atoms with Crippen molar-refractivity contribution in [3.63, 3.8) is 0 Å². The first kappa shape index (κ1) is 20.0. The monoisotopic (exact) mass is 392 g/mol. The fourth-order valence-corrected chi connectivity index (χ4v) is 2.97. The lowest BCUT2D eigenvalue weighted by Gasteiger charge is -2.26. The van der Waals surface area contributed by atoms with Gasteiger partial charge in [-0.05, 0) is 37.1 Å². The highest BCUT2D eigenvalue weighted by Crippen LogP contribution is 2.25. The van der Waals surface area contributed by atoms with Crippen molar-refractivity contribution in [2.24, 2.45) is 0 Å². The van der Waals surface area contributed by atoms with Crippen LogP contribution in [0, 0.1) is 13.8 Å². The zero-order valence-electron chi connectivity index (χ0n) is 15.2. The van der Waals surface area contributed by atoms with Crippen LogP contribution in [0.1, 0.15) is 11.1 Å². The van der Waals surface area contributed by atoms with Crippen molar-refractivity contribution in [1.82, 2.24) is 19.5 Å². The number of aromatic nitrogens is 4. The second kappa shape index (κ2) is 7.73. The Morgan fingerprint density at radius 3 is 2.50 bits per heavy atom. The minimum absolute atomic E-state index is 0.0720. The molecule has 0 aliphatic carbocycles. The predicted octanol–water partition coefficient (Wildman–Crippen LogP) is -1.23. The Hall–Kier alpha value is -2.70.